The fourth-order valence-electron chi connectivity index (χ4n) is 4.55. The third kappa shape index (κ3) is 5.82. The third-order valence-electron chi connectivity index (χ3n) is 6.13. The molecule has 2 nitrogen and oxygen atoms in total. The molecule has 0 N–H and O–H groups in total. The molecule has 2 heteroatoms. The van der Waals surface area contributed by atoms with Crippen molar-refractivity contribution >= 4 is 16.7 Å². The summed E-state index contributed by atoms with van der Waals surface area (Å²) in [6.07, 6.45) is 13.9. The van der Waals surface area contributed by atoms with Crippen LogP contribution < -0.4 is 4.74 Å². The number of rotatable bonds is 8. The predicted octanol–water partition coefficient (Wildman–Crippen LogP) is 7.40. The van der Waals surface area contributed by atoms with E-state index in [9.17, 15) is 4.79 Å². The lowest BCUT2D eigenvalue weighted by Gasteiger charge is -2.29. The fraction of sp³-hybridized carbons (Fsp3) is 0.560. The predicted molar refractivity (Wildman–Crippen MR) is 113 cm³/mol. The molecule has 0 aliphatic heterocycles. The lowest BCUT2D eigenvalue weighted by atomic mass is 9.77. The molecule has 2 aromatic carbocycles. The maximum atomic E-state index is 11.1. The van der Waals surface area contributed by atoms with Crippen molar-refractivity contribution < 1.29 is 9.53 Å². The Morgan fingerprint density at radius 3 is 2.37 bits per heavy atom. The van der Waals surface area contributed by atoms with E-state index in [0.29, 0.717) is 11.7 Å². The van der Waals surface area contributed by atoms with E-state index in [0.717, 1.165) is 11.3 Å². The van der Waals surface area contributed by atoms with Gasteiger partial charge in [0.15, 0.2) is 0 Å². The number of esters is 1. The summed E-state index contributed by atoms with van der Waals surface area (Å²) in [4.78, 5) is 11.1. The highest BCUT2D eigenvalue weighted by Crippen LogP contribution is 2.38. The summed E-state index contributed by atoms with van der Waals surface area (Å²) >= 11 is 0. The number of carbonyl (C=O) groups is 1. The van der Waals surface area contributed by atoms with Gasteiger partial charge in [-0.3, -0.25) is 4.79 Å². The van der Waals surface area contributed by atoms with Crippen LogP contribution in [0.25, 0.3) is 10.8 Å². The van der Waals surface area contributed by atoms with Gasteiger partial charge in [0.1, 0.15) is 5.75 Å². The van der Waals surface area contributed by atoms with Gasteiger partial charge >= 0.3 is 5.97 Å². The zero-order valence-corrected chi connectivity index (χ0v) is 17.0. The van der Waals surface area contributed by atoms with Gasteiger partial charge in [0.25, 0.3) is 0 Å². The van der Waals surface area contributed by atoms with Crippen LogP contribution in [0.1, 0.15) is 89.5 Å². The molecule has 0 saturated heterocycles. The van der Waals surface area contributed by atoms with E-state index in [1.165, 1.54) is 82.1 Å². The molecule has 0 radical (unpaired) electrons. The number of carbonyl (C=O) groups excluding carboxylic acids is 1. The van der Waals surface area contributed by atoms with Crippen LogP contribution in [-0.2, 0) is 4.79 Å². The summed E-state index contributed by atoms with van der Waals surface area (Å²) < 4.78 is 5.20. The smallest absolute Gasteiger partial charge is 0.308 e. The topological polar surface area (TPSA) is 26.3 Å². The Hall–Kier alpha value is -1.83. The van der Waals surface area contributed by atoms with Crippen molar-refractivity contribution in [1.29, 1.82) is 0 Å². The summed E-state index contributed by atoms with van der Waals surface area (Å²) in [6, 6.07) is 12.7. The average molecular weight is 367 g/mol. The zero-order valence-electron chi connectivity index (χ0n) is 17.0. The Bertz CT molecular complexity index is 741. The quantitative estimate of drug-likeness (QED) is 0.276. The number of benzene rings is 2. The van der Waals surface area contributed by atoms with Crippen molar-refractivity contribution in [2.24, 2.45) is 5.92 Å². The van der Waals surface area contributed by atoms with Crippen molar-refractivity contribution in [2.45, 2.75) is 84.0 Å². The van der Waals surface area contributed by atoms with E-state index in [-0.39, 0.29) is 5.97 Å². The third-order valence-corrected chi connectivity index (χ3v) is 6.13. The summed E-state index contributed by atoms with van der Waals surface area (Å²) in [5, 5.41) is 2.37. The van der Waals surface area contributed by atoms with E-state index < -0.39 is 0 Å². The monoisotopic (exact) mass is 366 g/mol. The van der Waals surface area contributed by atoms with Gasteiger partial charge in [0, 0.05) is 6.92 Å². The van der Waals surface area contributed by atoms with Crippen LogP contribution in [0.2, 0.25) is 0 Å². The molecule has 27 heavy (non-hydrogen) atoms. The minimum Gasteiger partial charge on any atom is -0.427 e. The highest BCUT2D eigenvalue weighted by atomic mass is 16.5. The summed E-state index contributed by atoms with van der Waals surface area (Å²) in [5.74, 6) is 2.02. The number of unbranched alkanes of at least 4 members (excludes halogenated alkanes) is 4. The number of ether oxygens (including phenoxy) is 1. The molecule has 1 fully saturated rings. The average Bonchev–Trinajstić information content (AvgIpc) is 2.67. The number of fused-ring (bicyclic) bond motifs is 1. The van der Waals surface area contributed by atoms with E-state index in [2.05, 4.69) is 31.2 Å². The van der Waals surface area contributed by atoms with Crippen LogP contribution in [0.3, 0.4) is 0 Å². The Morgan fingerprint density at radius 1 is 0.926 bits per heavy atom. The molecule has 1 aliphatic rings. The maximum Gasteiger partial charge on any atom is 0.308 e. The molecule has 0 bridgehead atoms. The van der Waals surface area contributed by atoms with Gasteiger partial charge in [-0.2, -0.15) is 0 Å². The van der Waals surface area contributed by atoms with Crippen LogP contribution in [0.5, 0.6) is 5.75 Å². The Morgan fingerprint density at radius 2 is 1.63 bits per heavy atom. The van der Waals surface area contributed by atoms with Crippen LogP contribution in [0.15, 0.2) is 36.4 Å². The molecule has 0 spiro atoms. The van der Waals surface area contributed by atoms with Gasteiger partial charge in [-0.1, -0.05) is 69.7 Å². The van der Waals surface area contributed by atoms with E-state index >= 15 is 0 Å². The fourth-order valence-corrected chi connectivity index (χ4v) is 4.55. The van der Waals surface area contributed by atoms with Crippen LogP contribution in [0, 0.1) is 5.92 Å². The highest BCUT2D eigenvalue weighted by Gasteiger charge is 2.22. The minimum absolute atomic E-state index is 0.270. The lowest BCUT2D eigenvalue weighted by Crippen LogP contribution is -2.13. The Balaban J connectivity index is 1.53. The molecule has 0 unspecified atom stereocenters. The van der Waals surface area contributed by atoms with Gasteiger partial charge in [-0.15, -0.1) is 0 Å². The van der Waals surface area contributed by atoms with E-state index in [1.54, 1.807) is 0 Å². The minimum atomic E-state index is -0.270. The van der Waals surface area contributed by atoms with Crippen molar-refractivity contribution in [3.8, 4) is 5.75 Å². The van der Waals surface area contributed by atoms with E-state index in [1.807, 2.05) is 12.1 Å². The molecule has 0 atom stereocenters. The van der Waals surface area contributed by atoms with Gasteiger partial charge < -0.3 is 4.74 Å². The SMILES string of the molecule is CCCCCCC[C@H]1CC[C@H](c2ccc3cc(OC(C)=O)ccc3c2)CC1. The second kappa shape index (κ2) is 9.92. The molecule has 0 amide bonds. The van der Waals surface area contributed by atoms with Crippen molar-refractivity contribution in [3.63, 3.8) is 0 Å². The zero-order chi connectivity index (χ0) is 19.1. The molecular weight excluding hydrogens is 332 g/mol. The Labute approximate surface area is 164 Å². The van der Waals surface area contributed by atoms with Crippen LogP contribution in [-0.4, -0.2) is 5.97 Å². The normalized spacial score (nSPS) is 19.9. The lowest BCUT2D eigenvalue weighted by molar-refractivity contribution is -0.131. The van der Waals surface area contributed by atoms with Crippen molar-refractivity contribution in [1.82, 2.24) is 0 Å². The second-order valence-electron chi connectivity index (χ2n) is 8.28. The molecule has 3 rings (SSSR count). The van der Waals surface area contributed by atoms with Gasteiger partial charge in [-0.25, -0.2) is 0 Å². The molecule has 0 heterocycles. The van der Waals surface area contributed by atoms with Gasteiger partial charge in [0.2, 0.25) is 0 Å². The maximum absolute atomic E-state index is 11.1. The molecular formula is C25H34O2. The van der Waals surface area contributed by atoms with E-state index in [4.69, 9.17) is 4.74 Å². The highest BCUT2D eigenvalue weighted by molar-refractivity contribution is 5.85. The standard InChI is InChI=1S/C25H34O2/c1-3-4-5-6-7-8-20-9-11-21(12-10-20)22-13-14-24-18-25(27-19(2)26)16-15-23(24)17-22/h13-18,20-21H,3-12H2,1-2H3/t20-,21-. The Kier molecular flexibility index (Phi) is 7.32. The van der Waals surface area contributed by atoms with Crippen LogP contribution >= 0.6 is 0 Å². The van der Waals surface area contributed by atoms with Gasteiger partial charge in [-0.05, 0) is 66.0 Å². The first kappa shape index (κ1) is 19.9. The number of hydrogen-bond acceptors (Lipinski definition) is 2. The van der Waals surface area contributed by atoms with Crippen molar-refractivity contribution in [2.75, 3.05) is 0 Å². The first-order valence-electron chi connectivity index (χ1n) is 10.9. The molecule has 2 aromatic rings. The summed E-state index contributed by atoms with van der Waals surface area (Å²) in [6.45, 7) is 3.72. The second-order valence-corrected chi connectivity index (χ2v) is 8.28. The molecule has 1 saturated carbocycles. The summed E-state index contributed by atoms with van der Waals surface area (Å²) in [5.41, 5.74) is 1.48. The molecule has 0 aromatic heterocycles. The van der Waals surface area contributed by atoms with Crippen molar-refractivity contribution in [3.05, 3.63) is 42.0 Å². The number of hydrogen-bond donors (Lipinski definition) is 0. The van der Waals surface area contributed by atoms with Crippen LogP contribution in [0.4, 0.5) is 0 Å². The molecule has 1 aliphatic carbocycles. The summed E-state index contributed by atoms with van der Waals surface area (Å²) in [7, 11) is 0. The largest absolute Gasteiger partial charge is 0.427 e. The molecule has 146 valence electrons. The first-order chi connectivity index (χ1) is 13.2. The first-order valence-corrected chi connectivity index (χ1v) is 10.9. The van der Waals surface area contributed by atoms with Gasteiger partial charge in [0.05, 0.1) is 0 Å².